The molecule has 142 valence electrons. The normalized spacial score (nSPS) is 11.3. The standard InChI is InChI=1S/C19H13Cl2N3O4/c1-8-5-10(28-2)3-4-13(8)24-19(27)15-16(18(26)23-24)22-12-7-9(20)6-11(21)14(12)17(15)25/h3-7H,1-2H3,(H,22,25)(H,23,26). The van der Waals surface area contributed by atoms with E-state index >= 15 is 0 Å². The van der Waals surface area contributed by atoms with Gasteiger partial charge in [0.15, 0.2) is 0 Å². The molecule has 0 amide bonds. The number of aromatic hydroxyl groups is 1. The number of nitrogens with one attached hydrogen (secondary N) is 1. The van der Waals surface area contributed by atoms with Crippen molar-refractivity contribution in [1.82, 2.24) is 14.8 Å². The van der Waals surface area contributed by atoms with Crippen LogP contribution in [0.15, 0.2) is 39.9 Å². The number of nitrogens with zero attached hydrogens (tertiary/aromatic N) is 2. The number of methoxy groups -OCH3 is 1. The first-order chi connectivity index (χ1) is 13.3. The number of halogens is 2. The summed E-state index contributed by atoms with van der Waals surface area (Å²) >= 11 is 12.2. The molecule has 0 saturated carbocycles. The highest BCUT2D eigenvalue weighted by molar-refractivity contribution is 6.38. The van der Waals surface area contributed by atoms with Gasteiger partial charge in [-0.1, -0.05) is 23.2 Å². The quantitative estimate of drug-likeness (QED) is 0.486. The van der Waals surface area contributed by atoms with Crippen molar-refractivity contribution in [2.75, 3.05) is 7.11 Å². The van der Waals surface area contributed by atoms with Crippen molar-refractivity contribution in [3.05, 3.63) is 66.5 Å². The number of pyridine rings is 1. The monoisotopic (exact) mass is 417 g/mol. The lowest BCUT2D eigenvalue weighted by molar-refractivity contribution is 0.414. The zero-order chi connectivity index (χ0) is 20.2. The van der Waals surface area contributed by atoms with Crippen LogP contribution in [0.3, 0.4) is 0 Å². The fourth-order valence-electron chi connectivity index (χ4n) is 3.16. The Morgan fingerprint density at radius 1 is 1.14 bits per heavy atom. The number of aromatic nitrogens is 3. The molecule has 2 aromatic heterocycles. The number of fused-ring (bicyclic) bond motifs is 2. The molecule has 0 saturated heterocycles. The second kappa shape index (κ2) is 6.54. The second-order valence-corrected chi connectivity index (χ2v) is 7.05. The number of hydrogen-bond acceptors (Lipinski definition) is 5. The van der Waals surface area contributed by atoms with Gasteiger partial charge in [0.1, 0.15) is 16.7 Å². The molecule has 4 rings (SSSR count). The summed E-state index contributed by atoms with van der Waals surface area (Å²) in [5.41, 5.74) is -0.00387. The summed E-state index contributed by atoms with van der Waals surface area (Å²) in [5.74, 6) is 0.103. The van der Waals surface area contributed by atoms with Gasteiger partial charge in [0, 0.05) is 5.02 Å². The van der Waals surface area contributed by atoms with E-state index in [1.807, 2.05) is 0 Å². The van der Waals surface area contributed by atoms with E-state index in [4.69, 9.17) is 27.9 Å². The molecule has 2 aromatic carbocycles. The number of aromatic amines is 1. The number of benzene rings is 2. The van der Waals surface area contributed by atoms with Crippen LogP contribution in [0, 0.1) is 6.92 Å². The fourth-order valence-corrected chi connectivity index (χ4v) is 3.74. The van der Waals surface area contributed by atoms with Crippen molar-refractivity contribution in [3.8, 4) is 17.3 Å². The van der Waals surface area contributed by atoms with Crippen molar-refractivity contribution in [3.63, 3.8) is 0 Å². The highest BCUT2D eigenvalue weighted by Gasteiger charge is 2.19. The molecule has 0 bridgehead atoms. The predicted octanol–water partition coefficient (Wildman–Crippen LogP) is 3.56. The summed E-state index contributed by atoms with van der Waals surface area (Å²) in [5, 5.41) is 14.7. The zero-order valence-corrected chi connectivity index (χ0v) is 16.2. The van der Waals surface area contributed by atoms with Crippen LogP contribution < -0.4 is 15.7 Å². The van der Waals surface area contributed by atoms with Gasteiger partial charge in [0.25, 0.3) is 11.4 Å². The Morgan fingerprint density at radius 2 is 1.89 bits per heavy atom. The lowest BCUT2D eigenvalue weighted by Crippen LogP contribution is -2.27. The van der Waals surface area contributed by atoms with Gasteiger partial charge in [0.05, 0.1) is 28.7 Å². The maximum Gasteiger partial charge on any atom is 0.285 e. The Labute approximate surface area is 167 Å². The number of H-pyrrole nitrogens is 1. The molecule has 9 heteroatoms. The Hall–Kier alpha value is -3.03. The summed E-state index contributed by atoms with van der Waals surface area (Å²) in [6.45, 7) is 1.76. The van der Waals surface area contributed by atoms with E-state index in [1.165, 1.54) is 19.2 Å². The summed E-state index contributed by atoms with van der Waals surface area (Å²) in [6, 6.07) is 7.90. The SMILES string of the molecule is COc1ccc(-n2nc(O)c3[nH]c4cc(Cl)cc(Cl)c4c(=O)c3c2=O)c(C)c1. The van der Waals surface area contributed by atoms with E-state index in [2.05, 4.69) is 10.1 Å². The van der Waals surface area contributed by atoms with E-state index < -0.39 is 16.9 Å². The second-order valence-electron chi connectivity index (χ2n) is 6.21. The van der Waals surface area contributed by atoms with Gasteiger partial charge in [0.2, 0.25) is 5.43 Å². The highest BCUT2D eigenvalue weighted by Crippen LogP contribution is 2.28. The van der Waals surface area contributed by atoms with Crippen molar-refractivity contribution >= 4 is 45.0 Å². The third-order valence-corrected chi connectivity index (χ3v) is 4.99. The van der Waals surface area contributed by atoms with Crippen molar-refractivity contribution in [2.24, 2.45) is 0 Å². The average Bonchev–Trinajstić information content (AvgIpc) is 2.64. The van der Waals surface area contributed by atoms with Crippen LogP contribution in [0.25, 0.3) is 27.5 Å². The van der Waals surface area contributed by atoms with Crippen LogP contribution in [-0.2, 0) is 0 Å². The lowest BCUT2D eigenvalue weighted by Gasteiger charge is -2.12. The van der Waals surface area contributed by atoms with E-state index in [-0.39, 0.29) is 21.3 Å². The van der Waals surface area contributed by atoms with Crippen LogP contribution in [0.5, 0.6) is 11.6 Å². The molecule has 0 aliphatic carbocycles. The topological polar surface area (TPSA) is 97.2 Å². The maximum absolute atomic E-state index is 13.1. The minimum absolute atomic E-state index is 0.0803. The first-order valence-electron chi connectivity index (χ1n) is 8.14. The Bertz CT molecular complexity index is 1390. The van der Waals surface area contributed by atoms with Gasteiger partial charge in [-0.2, -0.15) is 4.68 Å². The summed E-state index contributed by atoms with van der Waals surface area (Å²) in [4.78, 5) is 29.0. The van der Waals surface area contributed by atoms with Crippen LogP contribution in [0.1, 0.15) is 5.56 Å². The minimum atomic E-state index is -0.685. The Kier molecular flexibility index (Phi) is 4.28. The molecular formula is C19H13Cl2N3O4. The van der Waals surface area contributed by atoms with Gasteiger partial charge in [-0.25, -0.2) is 0 Å². The predicted molar refractivity (Wildman–Crippen MR) is 108 cm³/mol. The van der Waals surface area contributed by atoms with Gasteiger partial charge in [-0.15, -0.1) is 5.10 Å². The van der Waals surface area contributed by atoms with Gasteiger partial charge in [-0.05, 0) is 42.8 Å². The molecule has 2 heterocycles. The van der Waals surface area contributed by atoms with Crippen molar-refractivity contribution < 1.29 is 9.84 Å². The summed E-state index contributed by atoms with van der Waals surface area (Å²) in [7, 11) is 1.53. The minimum Gasteiger partial charge on any atom is -0.497 e. The number of aryl methyl sites for hydroxylation is 1. The molecule has 0 aliphatic rings. The van der Waals surface area contributed by atoms with Gasteiger partial charge >= 0.3 is 0 Å². The van der Waals surface area contributed by atoms with Crippen LogP contribution in [0.2, 0.25) is 10.0 Å². The molecule has 0 radical (unpaired) electrons. The molecule has 28 heavy (non-hydrogen) atoms. The van der Waals surface area contributed by atoms with Crippen LogP contribution >= 0.6 is 23.2 Å². The first kappa shape index (κ1) is 18.3. The van der Waals surface area contributed by atoms with Crippen molar-refractivity contribution in [2.45, 2.75) is 6.92 Å². The van der Waals surface area contributed by atoms with Crippen LogP contribution in [-0.4, -0.2) is 27.0 Å². The molecule has 0 aliphatic heterocycles. The third kappa shape index (κ3) is 2.71. The Balaban J connectivity index is 2.14. The first-order valence-corrected chi connectivity index (χ1v) is 8.89. The Morgan fingerprint density at radius 3 is 2.57 bits per heavy atom. The average molecular weight is 418 g/mol. The largest absolute Gasteiger partial charge is 0.497 e. The molecule has 0 fully saturated rings. The zero-order valence-electron chi connectivity index (χ0n) is 14.7. The lowest BCUT2D eigenvalue weighted by atomic mass is 10.1. The highest BCUT2D eigenvalue weighted by atomic mass is 35.5. The molecule has 4 aromatic rings. The molecule has 2 N–H and O–H groups in total. The smallest absolute Gasteiger partial charge is 0.285 e. The van der Waals surface area contributed by atoms with E-state index in [1.54, 1.807) is 25.1 Å². The van der Waals surface area contributed by atoms with E-state index in [9.17, 15) is 14.7 Å². The molecule has 0 unspecified atom stereocenters. The number of hydrogen-bond donors (Lipinski definition) is 2. The molecular weight excluding hydrogens is 405 g/mol. The van der Waals surface area contributed by atoms with Crippen LogP contribution in [0.4, 0.5) is 0 Å². The number of rotatable bonds is 2. The fraction of sp³-hybridized carbons (Fsp3) is 0.105. The van der Waals surface area contributed by atoms with Gasteiger partial charge < -0.3 is 14.8 Å². The number of ether oxygens (including phenoxy) is 1. The summed E-state index contributed by atoms with van der Waals surface area (Å²) < 4.78 is 6.15. The van der Waals surface area contributed by atoms with Crippen molar-refractivity contribution in [1.29, 1.82) is 0 Å². The maximum atomic E-state index is 13.1. The molecule has 7 nitrogen and oxygen atoms in total. The van der Waals surface area contributed by atoms with E-state index in [0.717, 1.165) is 4.68 Å². The molecule has 0 atom stereocenters. The van der Waals surface area contributed by atoms with Gasteiger partial charge in [-0.3, -0.25) is 9.59 Å². The summed E-state index contributed by atoms with van der Waals surface area (Å²) in [6.07, 6.45) is 0. The third-order valence-electron chi connectivity index (χ3n) is 4.48. The molecule has 0 spiro atoms. The van der Waals surface area contributed by atoms with E-state index in [0.29, 0.717) is 27.5 Å².